The molecule has 1 amide bonds. The smallest absolute Gasteiger partial charge is 0.408 e. The molecule has 3 N–H and O–H groups in total. The van der Waals surface area contributed by atoms with Crippen LogP contribution < -0.4 is 10.8 Å². The Morgan fingerprint density at radius 3 is 2.06 bits per heavy atom. The highest BCUT2D eigenvalue weighted by Crippen LogP contribution is 2.44. The molecule has 0 saturated heterocycles. The van der Waals surface area contributed by atoms with Crippen molar-refractivity contribution in [2.75, 3.05) is 13.2 Å². The van der Waals surface area contributed by atoms with Gasteiger partial charge in [0, 0.05) is 5.92 Å². The Labute approximate surface area is 208 Å². The summed E-state index contributed by atoms with van der Waals surface area (Å²) in [5.74, 6) is -3.48. The van der Waals surface area contributed by atoms with Crippen LogP contribution in [0.1, 0.15) is 44.7 Å². The lowest BCUT2D eigenvalue weighted by Crippen LogP contribution is -2.51. The van der Waals surface area contributed by atoms with Gasteiger partial charge in [-0.05, 0) is 49.9 Å². The quantitative estimate of drug-likeness (QED) is 0.256. The van der Waals surface area contributed by atoms with Gasteiger partial charge in [0.25, 0.3) is 5.78 Å². The number of ketones is 1. The number of ether oxygens (including phenoxy) is 2. The number of alkyl carbamates (subject to hydrolysis) is 1. The van der Waals surface area contributed by atoms with Crippen molar-refractivity contribution in [3.05, 3.63) is 59.7 Å². The molecule has 3 rings (SSSR count). The lowest BCUT2D eigenvalue weighted by molar-refractivity contribution is -0.156. The summed E-state index contributed by atoms with van der Waals surface area (Å²) < 4.78 is 10.3. The minimum Gasteiger partial charge on any atom is -0.480 e. The summed E-state index contributed by atoms with van der Waals surface area (Å²) in [6, 6.07) is 14.2. The van der Waals surface area contributed by atoms with Crippen LogP contribution in [0.5, 0.6) is 0 Å². The summed E-state index contributed by atoms with van der Waals surface area (Å²) in [6.45, 7) is 5.74. The van der Waals surface area contributed by atoms with Crippen molar-refractivity contribution >= 4 is 23.8 Å². The van der Waals surface area contributed by atoms with Crippen LogP contribution in [0.25, 0.3) is 11.1 Å². The van der Waals surface area contributed by atoms with E-state index in [1.54, 1.807) is 20.8 Å². The second kappa shape index (κ2) is 11.3. The van der Waals surface area contributed by atoms with E-state index in [-0.39, 0.29) is 12.5 Å². The van der Waals surface area contributed by atoms with E-state index >= 15 is 0 Å². The molecule has 0 fully saturated rings. The van der Waals surface area contributed by atoms with Gasteiger partial charge in [0.1, 0.15) is 18.3 Å². The third-order valence-electron chi connectivity index (χ3n) is 5.48. The lowest BCUT2D eigenvalue weighted by Gasteiger charge is -2.24. The van der Waals surface area contributed by atoms with Crippen LogP contribution in [0.3, 0.4) is 0 Å². The van der Waals surface area contributed by atoms with Gasteiger partial charge in [-0.15, -0.1) is 0 Å². The second-order valence-corrected chi connectivity index (χ2v) is 9.35. The summed E-state index contributed by atoms with van der Waals surface area (Å²) in [5.41, 5.74) is 5.64. The van der Waals surface area contributed by atoms with E-state index in [1.165, 1.54) is 6.92 Å². The molecule has 0 aliphatic heterocycles. The standard InChI is InChI=1S/C26H30N2O8/c1-15(22(23(30)31)28-25(33)35-26(2,3)4)36-27-13-21(29)24(32)34-14-20-18-11-7-5-9-16(18)17-10-6-8-12-19(17)20/h5-12,15,20,22,27H,13-14H2,1-4H3,(H,28,33)(H,30,31)/t15-,22+/m1/s1. The number of benzene rings is 2. The zero-order chi connectivity index (χ0) is 26.5. The summed E-state index contributed by atoms with van der Waals surface area (Å²) in [4.78, 5) is 53.1. The number of hydrogen-bond donors (Lipinski definition) is 3. The van der Waals surface area contributed by atoms with E-state index in [2.05, 4.69) is 10.8 Å². The van der Waals surface area contributed by atoms with Crippen molar-refractivity contribution in [3.8, 4) is 11.1 Å². The minimum atomic E-state index is -1.46. The van der Waals surface area contributed by atoms with Gasteiger partial charge in [-0.1, -0.05) is 48.5 Å². The number of carbonyl (C=O) groups excluding carboxylic acids is 3. The van der Waals surface area contributed by atoms with Crippen molar-refractivity contribution in [2.45, 2.75) is 51.4 Å². The maximum Gasteiger partial charge on any atom is 0.408 e. The second-order valence-electron chi connectivity index (χ2n) is 9.35. The number of carbonyl (C=O) groups is 4. The van der Waals surface area contributed by atoms with E-state index in [0.717, 1.165) is 22.3 Å². The summed E-state index contributed by atoms with van der Waals surface area (Å²) >= 11 is 0. The molecule has 0 saturated carbocycles. The number of rotatable bonds is 10. The van der Waals surface area contributed by atoms with E-state index in [4.69, 9.17) is 14.3 Å². The van der Waals surface area contributed by atoms with Crippen molar-refractivity contribution in [1.29, 1.82) is 0 Å². The maximum atomic E-state index is 12.3. The highest BCUT2D eigenvalue weighted by molar-refractivity contribution is 6.34. The molecule has 10 heteroatoms. The van der Waals surface area contributed by atoms with E-state index in [9.17, 15) is 24.3 Å². The molecule has 0 radical (unpaired) electrons. The normalized spacial score (nSPS) is 14.2. The molecule has 0 unspecified atom stereocenters. The Bertz CT molecular complexity index is 1100. The Morgan fingerprint density at radius 2 is 1.53 bits per heavy atom. The van der Waals surface area contributed by atoms with Crippen LogP contribution in [0, 0.1) is 0 Å². The first-order chi connectivity index (χ1) is 17.0. The van der Waals surface area contributed by atoms with Crippen LogP contribution in [0.2, 0.25) is 0 Å². The molecule has 0 aromatic heterocycles. The number of nitrogens with one attached hydrogen (secondary N) is 2. The van der Waals surface area contributed by atoms with E-state index in [0.29, 0.717) is 0 Å². The summed E-state index contributed by atoms with van der Waals surface area (Å²) in [5, 5.41) is 11.6. The SMILES string of the molecule is C[C@@H](ONCC(=O)C(=O)OCC1c2ccccc2-c2ccccc21)[C@H](NC(=O)OC(C)(C)C)C(=O)O. The number of aliphatic carboxylic acids is 1. The lowest BCUT2D eigenvalue weighted by atomic mass is 9.98. The average Bonchev–Trinajstić information content (AvgIpc) is 3.13. The van der Waals surface area contributed by atoms with Crippen molar-refractivity contribution in [2.24, 2.45) is 0 Å². The Morgan fingerprint density at radius 1 is 0.972 bits per heavy atom. The van der Waals surface area contributed by atoms with Crippen LogP contribution in [0.4, 0.5) is 4.79 Å². The first-order valence-corrected chi connectivity index (χ1v) is 11.5. The molecule has 1 aliphatic carbocycles. The predicted octanol–water partition coefficient (Wildman–Crippen LogP) is 2.80. The van der Waals surface area contributed by atoms with E-state index < -0.39 is 48.1 Å². The summed E-state index contributed by atoms with van der Waals surface area (Å²) in [7, 11) is 0. The average molecular weight is 499 g/mol. The molecule has 2 atom stereocenters. The molecule has 0 heterocycles. The number of carboxylic acids is 1. The van der Waals surface area contributed by atoms with Gasteiger partial charge in [0.05, 0.1) is 6.54 Å². The van der Waals surface area contributed by atoms with Gasteiger partial charge < -0.3 is 19.9 Å². The third-order valence-corrected chi connectivity index (χ3v) is 5.48. The molecular formula is C26H30N2O8. The molecular weight excluding hydrogens is 468 g/mol. The monoisotopic (exact) mass is 498 g/mol. The molecule has 10 nitrogen and oxygen atoms in total. The Balaban J connectivity index is 1.49. The third kappa shape index (κ3) is 6.67. The highest BCUT2D eigenvalue weighted by Gasteiger charge is 2.31. The largest absolute Gasteiger partial charge is 0.480 e. The Kier molecular flexibility index (Phi) is 8.44. The molecule has 0 spiro atoms. The molecule has 36 heavy (non-hydrogen) atoms. The maximum absolute atomic E-state index is 12.3. The number of fused-ring (bicyclic) bond motifs is 3. The predicted molar refractivity (Wildman–Crippen MR) is 129 cm³/mol. The molecule has 2 aromatic carbocycles. The van der Waals surface area contributed by atoms with Gasteiger partial charge in [-0.3, -0.25) is 9.63 Å². The number of hydrogen-bond acceptors (Lipinski definition) is 8. The van der Waals surface area contributed by atoms with Crippen molar-refractivity contribution in [1.82, 2.24) is 10.8 Å². The number of Topliss-reactive ketones (excluding diaryl/α,β-unsaturated/α-hetero) is 1. The fraction of sp³-hybridized carbons (Fsp3) is 0.385. The fourth-order valence-corrected chi connectivity index (χ4v) is 3.87. The number of esters is 1. The van der Waals surface area contributed by atoms with Crippen LogP contribution in [-0.2, 0) is 28.7 Å². The van der Waals surface area contributed by atoms with Crippen LogP contribution in [-0.4, -0.2) is 59.8 Å². The number of carboxylic acid groups (broad SMARTS) is 1. The topological polar surface area (TPSA) is 140 Å². The zero-order valence-electron chi connectivity index (χ0n) is 20.6. The number of hydroxylamine groups is 1. The van der Waals surface area contributed by atoms with Crippen molar-refractivity contribution < 1.29 is 38.6 Å². The van der Waals surface area contributed by atoms with Gasteiger partial charge in [-0.2, -0.15) is 5.48 Å². The van der Waals surface area contributed by atoms with Gasteiger partial charge in [0.2, 0.25) is 0 Å². The number of amides is 1. The Hall–Kier alpha value is -3.76. The summed E-state index contributed by atoms with van der Waals surface area (Å²) in [6.07, 6.45) is -2.02. The first kappa shape index (κ1) is 26.8. The van der Waals surface area contributed by atoms with Crippen LogP contribution in [0.15, 0.2) is 48.5 Å². The molecule has 1 aliphatic rings. The van der Waals surface area contributed by atoms with Gasteiger partial charge in [0.15, 0.2) is 6.04 Å². The highest BCUT2D eigenvalue weighted by atomic mass is 16.7. The molecule has 0 bridgehead atoms. The zero-order valence-corrected chi connectivity index (χ0v) is 20.6. The minimum absolute atomic E-state index is 0.00322. The van der Waals surface area contributed by atoms with Crippen molar-refractivity contribution in [3.63, 3.8) is 0 Å². The molecule has 192 valence electrons. The fourth-order valence-electron chi connectivity index (χ4n) is 3.87. The van der Waals surface area contributed by atoms with Gasteiger partial charge in [-0.25, -0.2) is 14.4 Å². The van der Waals surface area contributed by atoms with E-state index in [1.807, 2.05) is 48.5 Å². The van der Waals surface area contributed by atoms with Gasteiger partial charge >= 0.3 is 18.0 Å². The molecule has 2 aromatic rings. The van der Waals surface area contributed by atoms with Crippen LogP contribution >= 0.6 is 0 Å². The first-order valence-electron chi connectivity index (χ1n) is 11.5.